The molecule has 0 aliphatic heterocycles. The molecule has 0 aliphatic rings. The first kappa shape index (κ1) is 14.6. The third kappa shape index (κ3) is 4.11. The summed E-state index contributed by atoms with van der Waals surface area (Å²) in [5, 5.41) is 2.90. The van der Waals surface area contributed by atoms with Gasteiger partial charge in [-0.2, -0.15) is 0 Å². The second-order valence-corrected chi connectivity index (χ2v) is 5.12. The molecule has 3 nitrogen and oxygen atoms in total. The lowest BCUT2D eigenvalue weighted by Crippen LogP contribution is -2.26. The van der Waals surface area contributed by atoms with E-state index in [2.05, 4.69) is 5.32 Å². The third-order valence-electron chi connectivity index (χ3n) is 2.79. The van der Waals surface area contributed by atoms with Crippen molar-refractivity contribution in [1.29, 1.82) is 0 Å². The summed E-state index contributed by atoms with van der Waals surface area (Å²) >= 11 is 4.79. The zero-order chi connectivity index (χ0) is 13.7. The second-order valence-electron chi connectivity index (χ2n) is 4.60. The molecule has 1 aromatic rings. The number of hydrogen-bond donors (Lipinski definition) is 2. The maximum absolute atomic E-state index is 12.1. The molecular weight excluding hydrogens is 244 g/mol. The third-order valence-corrected chi connectivity index (χ3v) is 2.99. The van der Waals surface area contributed by atoms with E-state index in [0.29, 0.717) is 18.0 Å². The van der Waals surface area contributed by atoms with Crippen LogP contribution in [0.1, 0.15) is 39.9 Å². The van der Waals surface area contributed by atoms with Crippen molar-refractivity contribution in [3.63, 3.8) is 0 Å². The Labute approximate surface area is 114 Å². The van der Waals surface area contributed by atoms with Crippen LogP contribution in [0.4, 0.5) is 0 Å². The van der Waals surface area contributed by atoms with E-state index >= 15 is 0 Å². The number of carbonyl (C=O) groups is 1. The highest BCUT2D eigenvalue weighted by Gasteiger charge is 2.11. The molecule has 0 atom stereocenters. The fraction of sp³-hybridized carbons (Fsp3) is 0.429. The summed E-state index contributed by atoms with van der Waals surface area (Å²) in [6.45, 7) is 6.56. The molecule has 98 valence electrons. The molecular formula is C14H20N2OS. The topological polar surface area (TPSA) is 55.1 Å². The normalized spacial score (nSPS) is 10.2. The van der Waals surface area contributed by atoms with Gasteiger partial charge in [0, 0.05) is 12.1 Å². The molecule has 0 heterocycles. The zero-order valence-corrected chi connectivity index (χ0v) is 12.0. The Balaban J connectivity index is 2.65. The molecule has 3 N–H and O–H groups in total. The maximum atomic E-state index is 12.1. The smallest absolute Gasteiger partial charge is 0.251 e. The average molecular weight is 264 g/mol. The fourth-order valence-corrected chi connectivity index (χ4v) is 2.24. The number of rotatable bonds is 5. The zero-order valence-electron chi connectivity index (χ0n) is 11.2. The summed E-state index contributed by atoms with van der Waals surface area (Å²) in [7, 11) is 0. The highest BCUT2D eigenvalue weighted by Crippen LogP contribution is 2.16. The van der Waals surface area contributed by atoms with Gasteiger partial charge in [0.25, 0.3) is 5.91 Å². The fourth-order valence-electron chi connectivity index (χ4n) is 2.09. The van der Waals surface area contributed by atoms with Crippen molar-refractivity contribution in [1.82, 2.24) is 5.32 Å². The van der Waals surface area contributed by atoms with Crippen molar-refractivity contribution < 1.29 is 4.79 Å². The van der Waals surface area contributed by atoms with Crippen LogP contribution in [0.3, 0.4) is 0 Å². The van der Waals surface area contributed by atoms with Crippen LogP contribution >= 0.6 is 12.2 Å². The second kappa shape index (κ2) is 6.50. The van der Waals surface area contributed by atoms with E-state index in [-0.39, 0.29) is 5.91 Å². The number of benzene rings is 1. The van der Waals surface area contributed by atoms with Crippen LogP contribution in [0.2, 0.25) is 0 Å². The van der Waals surface area contributed by atoms with Gasteiger partial charge >= 0.3 is 0 Å². The Morgan fingerprint density at radius 1 is 1.28 bits per heavy atom. The Bertz CT molecular complexity index is 446. The van der Waals surface area contributed by atoms with Gasteiger partial charge in [0.1, 0.15) is 0 Å². The number of thiocarbonyl (C=S) groups is 1. The van der Waals surface area contributed by atoms with Crippen molar-refractivity contribution in [2.24, 2.45) is 5.73 Å². The van der Waals surface area contributed by atoms with Gasteiger partial charge in [-0.25, -0.2) is 0 Å². The lowest BCUT2D eigenvalue weighted by Gasteiger charge is -2.11. The van der Waals surface area contributed by atoms with Crippen molar-refractivity contribution in [3.8, 4) is 0 Å². The van der Waals surface area contributed by atoms with Gasteiger partial charge < -0.3 is 11.1 Å². The van der Waals surface area contributed by atoms with Crippen LogP contribution in [0.15, 0.2) is 12.1 Å². The highest BCUT2D eigenvalue weighted by molar-refractivity contribution is 7.80. The molecule has 1 amide bonds. The number of aryl methyl sites for hydroxylation is 3. The summed E-state index contributed by atoms with van der Waals surface area (Å²) in [6.07, 6.45) is 1.45. The highest BCUT2D eigenvalue weighted by atomic mass is 32.1. The number of amides is 1. The Hall–Kier alpha value is -1.42. The first-order valence-electron chi connectivity index (χ1n) is 6.06. The standard InChI is InChI=1S/C14H20N2OS/c1-9-7-10(2)13(11(3)8-9)14(17)16-6-4-5-12(15)18/h7-8H,4-6H2,1-3H3,(H2,15,18)(H,16,17). The van der Waals surface area contributed by atoms with E-state index in [1.54, 1.807) is 0 Å². The van der Waals surface area contributed by atoms with E-state index in [1.165, 1.54) is 5.56 Å². The molecule has 18 heavy (non-hydrogen) atoms. The molecule has 0 bridgehead atoms. The van der Waals surface area contributed by atoms with Crippen LogP contribution < -0.4 is 11.1 Å². The lowest BCUT2D eigenvalue weighted by atomic mass is 9.99. The van der Waals surface area contributed by atoms with E-state index in [9.17, 15) is 4.79 Å². The van der Waals surface area contributed by atoms with Gasteiger partial charge in [0.05, 0.1) is 4.99 Å². The van der Waals surface area contributed by atoms with Gasteiger partial charge in [-0.1, -0.05) is 29.9 Å². The van der Waals surface area contributed by atoms with E-state index in [1.807, 2.05) is 32.9 Å². The van der Waals surface area contributed by atoms with E-state index < -0.39 is 0 Å². The van der Waals surface area contributed by atoms with E-state index in [4.69, 9.17) is 18.0 Å². The minimum Gasteiger partial charge on any atom is -0.393 e. The molecule has 1 rings (SSSR count). The minimum atomic E-state index is -0.0204. The number of nitrogens with two attached hydrogens (primary N) is 1. The van der Waals surface area contributed by atoms with Crippen molar-refractivity contribution in [2.75, 3.05) is 6.54 Å². The quantitative estimate of drug-likeness (QED) is 0.634. The maximum Gasteiger partial charge on any atom is 0.251 e. The molecule has 1 aromatic carbocycles. The SMILES string of the molecule is Cc1cc(C)c(C(=O)NCCCC(N)=S)c(C)c1. The van der Waals surface area contributed by atoms with Crippen LogP contribution in [0, 0.1) is 20.8 Å². The van der Waals surface area contributed by atoms with Gasteiger partial charge in [0.15, 0.2) is 0 Å². The molecule has 0 saturated carbocycles. The van der Waals surface area contributed by atoms with Gasteiger partial charge in [-0.3, -0.25) is 4.79 Å². The van der Waals surface area contributed by atoms with Crippen LogP contribution in [-0.2, 0) is 0 Å². The summed E-state index contributed by atoms with van der Waals surface area (Å²) in [5.41, 5.74) is 9.38. The van der Waals surface area contributed by atoms with Crippen molar-refractivity contribution in [2.45, 2.75) is 33.6 Å². The number of carbonyl (C=O) groups excluding carboxylic acids is 1. The molecule has 0 aromatic heterocycles. The van der Waals surface area contributed by atoms with Crippen LogP contribution in [-0.4, -0.2) is 17.4 Å². The van der Waals surface area contributed by atoms with Crippen molar-refractivity contribution >= 4 is 23.1 Å². The lowest BCUT2D eigenvalue weighted by molar-refractivity contribution is 0.0952. The average Bonchev–Trinajstić information content (AvgIpc) is 2.22. The molecule has 4 heteroatoms. The summed E-state index contributed by atoms with van der Waals surface area (Å²) in [6, 6.07) is 4.05. The van der Waals surface area contributed by atoms with Gasteiger partial charge in [-0.05, 0) is 44.7 Å². The van der Waals surface area contributed by atoms with Gasteiger partial charge in [0.2, 0.25) is 0 Å². The minimum absolute atomic E-state index is 0.0204. The van der Waals surface area contributed by atoms with Crippen LogP contribution in [0.25, 0.3) is 0 Å². The van der Waals surface area contributed by atoms with Gasteiger partial charge in [-0.15, -0.1) is 0 Å². The molecule has 0 saturated heterocycles. The molecule has 0 fully saturated rings. The Kier molecular flexibility index (Phi) is 5.28. The monoisotopic (exact) mass is 264 g/mol. The number of hydrogen-bond acceptors (Lipinski definition) is 2. The first-order chi connectivity index (χ1) is 8.41. The Morgan fingerprint density at radius 3 is 2.33 bits per heavy atom. The number of nitrogens with one attached hydrogen (secondary N) is 1. The predicted molar refractivity (Wildman–Crippen MR) is 79.0 cm³/mol. The summed E-state index contributed by atoms with van der Waals surface area (Å²) in [4.78, 5) is 12.6. The van der Waals surface area contributed by atoms with E-state index in [0.717, 1.165) is 23.1 Å². The molecule has 0 spiro atoms. The Morgan fingerprint density at radius 2 is 1.83 bits per heavy atom. The van der Waals surface area contributed by atoms with Crippen LogP contribution in [0.5, 0.6) is 0 Å². The molecule has 0 unspecified atom stereocenters. The summed E-state index contributed by atoms with van der Waals surface area (Å²) < 4.78 is 0. The van der Waals surface area contributed by atoms with Crippen molar-refractivity contribution in [3.05, 3.63) is 34.4 Å². The first-order valence-corrected chi connectivity index (χ1v) is 6.47. The summed E-state index contributed by atoms with van der Waals surface area (Å²) in [5.74, 6) is -0.0204. The molecule has 0 radical (unpaired) electrons. The molecule has 0 aliphatic carbocycles. The largest absolute Gasteiger partial charge is 0.393 e. The predicted octanol–water partition coefficient (Wildman–Crippen LogP) is 2.41.